The van der Waals surface area contributed by atoms with Crippen molar-refractivity contribution in [2.75, 3.05) is 38.4 Å². The number of aromatic nitrogens is 3. The number of carbonyl (C=O) groups excluding carboxylic acids is 2. The number of anilines is 3. The summed E-state index contributed by atoms with van der Waals surface area (Å²) in [4.78, 5) is 41.1. The van der Waals surface area contributed by atoms with E-state index in [4.69, 9.17) is 15.9 Å². The van der Waals surface area contributed by atoms with Crippen molar-refractivity contribution in [3.8, 4) is 11.4 Å². The van der Waals surface area contributed by atoms with Crippen LogP contribution in [0.25, 0.3) is 5.69 Å². The van der Waals surface area contributed by atoms with Crippen LogP contribution in [-0.2, 0) is 22.4 Å². The van der Waals surface area contributed by atoms with Crippen LogP contribution in [0.1, 0.15) is 29.4 Å². The zero-order valence-electron chi connectivity index (χ0n) is 24.7. The number of nitrogens with one attached hydrogen (secondary N) is 4. The fourth-order valence-electron chi connectivity index (χ4n) is 4.37. The quantitative estimate of drug-likeness (QED) is 0.127. The Morgan fingerprint density at radius 1 is 1.11 bits per heavy atom. The molecule has 0 aliphatic carbocycles. The van der Waals surface area contributed by atoms with Gasteiger partial charge in [-0.2, -0.15) is 4.68 Å². The van der Waals surface area contributed by atoms with E-state index >= 15 is 4.39 Å². The van der Waals surface area contributed by atoms with Gasteiger partial charge in [0.05, 0.1) is 24.2 Å². The fraction of sp³-hybridized carbons (Fsp3) is 0.233. The Kier molecular flexibility index (Phi) is 9.63. The van der Waals surface area contributed by atoms with Gasteiger partial charge in [0.2, 0.25) is 0 Å². The number of aryl methyl sites for hydroxylation is 1. The Bertz CT molecular complexity index is 1760. The number of halogens is 1. The number of benzene rings is 3. The first kappa shape index (κ1) is 31.3. The van der Waals surface area contributed by atoms with Crippen LogP contribution in [0.4, 0.5) is 26.2 Å². The molecule has 3 aromatic carbocycles. The lowest BCUT2D eigenvalue weighted by molar-refractivity contribution is -0.130. The van der Waals surface area contributed by atoms with Crippen LogP contribution < -0.4 is 26.8 Å². The fourth-order valence-corrected chi connectivity index (χ4v) is 4.37. The van der Waals surface area contributed by atoms with E-state index in [0.717, 1.165) is 4.68 Å². The minimum Gasteiger partial charge on any atom is -0.478 e. The Morgan fingerprint density at radius 3 is 2.45 bits per heavy atom. The summed E-state index contributed by atoms with van der Waals surface area (Å²) in [6, 6.07) is 14.9. The third kappa shape index (κ3) is 6.86. The molecule has 0 unspecified atom stereocenters. The number of rotatable bonds is 11. The normalized spacial score (nSPS) is 10.7. The lowest BCUT2D eigenvalue weighted by Gasteiger charge is -2.21. The molecule has 0 radical (unpaired) electrons. The van der Waals surface area contributed by atoms with Gasteiger partial charge < -0.3 is 25.4 Å². The zero-order chi connectivity index (χ0) is 32.0. The second-order valence-electron chi connectivity index (χ2n) is 9.83. The number of carbonyl (C=O) groups is 2. The van der Waals surface area contributed by atoms with Gasteiger partial charge in [0.1, 0.15) is 11.7 Å². The van der Waals surface area contributed by atoms with Gasteiger partial charge in [-0.05, 0) is 41.8 Å². The number of methoxy groups -OCH3 is 1. The number of hydrogen-bond acceptors (Lipinski definition) is 8. The first-order valence-electron chi connectivity index (χ1n) is 13.5. The van der Waals surface area contributed by atoms with E-state index in [-0.39, 0.29) is 52.4 Å². The molecule has 1 aromatic heterocycles. The average molecular weight is 605 g/mol. The van der Waals surface area contributed by atoms with Crippen LogP contribution in [-0.4, -0.2) is 65.3 Å². The molecule has 4 rings (SSSR count). The summed E-state index contributed by atoms with van der Waals surface area (Å²) in [6.07, 6.45) is -0.418. The number of nitrogens with zero attached hydrogens (tertiary/aromatic N) is 3. The van der Waals surface area contributed by atoms with E-state index in [2.05, 4.69) is 25.5 Å². The molecule has 0 saturated heterocycles. The molecule has 1 heterocycles. The van der Waals surface area contributed by atoms with Gasteiger partial charge in [0, 0.05) is 31.8 Å². The van der Waals surface area contributed by atoms with Crippen molar-refractivity contribution >= 4 is 34.9 Å². The maximum absolute atomic E-state index is 16.3. The van der Waals surface area contributed by atoms with Crippen molar-refractivity contribution in [2.45, 2.75) is 19.8 Å². The molecule has 0 bridgehead atoms. The minimum atomic E-state index is -0.764. The number of nitrogens with two attached hydrogens (primary N) is 1. The summed E-state index contributed by atoms with van der Waals surface area (Å²) < 4.78 is 27.8. The van der Waals surface area contributed by atoms with Crippen LogP contribution in [0.2, 0.25) is 0 Å². The molecule has 4 aromatic rings. The van der Waals surface area contributed by atoms with Crippen molar-refractivity contribution in [2.24, 2.45) is 5.73 Å². The van der Waals surface area contributed by atoms with Crippen LogP contribution >= 0.6 is 0 Å². The van der Waals surface area contributed by atoms with Crippen molar-refractivity contribution < 1.29 is 23.5 Å². The number of hydrogen-bond donors (Lipinski definition) is 5. The van der Waals surface area contributed by atoms with Crippen molar-refractivity contribution in [3.05, 3.63) is 93.4 Å². The van der Waals surface area contributed by atoms with Gasteiger partial charge in [-0.1, -0.05) is 37.3 Å². The second-order valence-corrected chi connectivity index (χ2v) is 9.83. The van der Waals surface area contributed by atoms with E-state index in [1.165, 1.54) is 12.0 Å². The minimum absolute atomic E-state index is 0.129. The summed E-state index contributed by atoms with van der Waals surface area (Å²) in [6.45, 7) is 1.44. The molecule has 0 fully saturated rings. The van der Waals surface area contributed by atoms with Crippen LogP contribution in [0.3, 0.4) is 0 Å². The Hall–Kier alpha value is -5.66. The Morgan fingerprint density at radius 2 is 1.80 bits per heavy atom. The van der Waals surface area contributed by atoms with E-state index in [9.17, 15) is 14.4 Å². The van der Waals surface area contributed by atoms with Crippen molar-refractivity contribution in [3.63, 3.8) is 0 Å². The number of H-pyrrole nitrogens is 1. The SMILES string of the molecule is CCc1cc(Cc2nn(-c3ccccc3NC(=O)OC)c(=O)[nH]2)c(F)c(OCC(=O)N(C)C)c1Nc1ccccc1C(=N)N. The zero-order valence-corrected chi connectivity index (χ0v) is 24.7. The highest BCUT2D eigenvalue weighted by Gasteiger charge is 2.23. The largest absolute Gasteiger partial charge is 0.478 e. The first-order valence-corrected chi connectivity index (χ1v) is 13.5. The van der Waals surface area contributed by atoms with E-state index < -0.39 is 24.2 Å². The van der Waals surface area contributed by atoms with Crippen LogP contribution in [0.5, 0.6) is 5.75 Å². The Balaban J connectivity index is 1.77. The molecule has 0 spiro atoms. The number of para-hydroxylation sites is 3. The maximum Gasteiger partial charge on any atom is 0.411 e. The molecule has 6 N–H and O–H groups in total. The summed E-state index contributed by atoms with van der Waals surface area (Å²) in [5, 5.41) is 18.0. The van der Waals surface area contributed by atoms with Gasteiger partial charge in [-0.3, -0.25) is 20.5 Å². The molecule has 44 heavy (non-hydrogen) atoms. The molecule has 2 amide bonds. The summed E-state index contributed by atoms with van der Waals surface area (Å²) in [5.74, 6) is -1.40. The van der Waals surface area contributed by atoms with Crippen LogP contribution in [0.15, 0.2) is 59.4 Å². The number of amidine groups is 1. The summed E-state index contributed by atoms with van der Waals surface area (Å²) >= 11 is 0. The highest BCUT2D eigenvalue weighted by Crippen LogP contribution is 2.38. The third-order valence-corrected chi connectivity index (χ3v) is 6.65. The van der Waals surface area contributed by atoms with Gasteiger partial charge in [0.25, 0.3) is 5.91 Å². The summed E-state index contributed by atoms with van der Waals surface area (Å²) in [7, 11) is 4.33. The average Bonchev–Trinajstić information content (AvgIpc) is 3.37. The van der Waals surface area contributed by atoms with E-state index in [1.807, 2.05) is 6.92 Å². The molecule has 0 atom stereocenters. The van der Waals surface area contributed by atoms with Gasteiger partial charge in [-0.15, -0.1) is 5.10 Å². The summed E-state index contributed by atoms with van der Waals surface area (Å²) in [5.41, 5.74) is 7.63. The molecular weight excluding hydrogens is 571 g/mol. The van der Waals surface area contributed by atoms with Gasteiger partial charge >= 0.3 is 11.8 Å². The second kappa shape index (κ2) is 13.5. The molecular formula is C30H33FN8O5. The van der Waals surface area contributed by atoms with Crippen LogP contribution in [0, 0.1) is 11.2 Å². The third-order valence-electron chi connectivity index (χ3n) is 6.65. The molecule has 14 heteroatoms. The Labute approximate surface area is 252 Å². The van der Waals surface area contributed by atoms with Crippen molar-refractivity contribution in [1.29, 1.82) is 5.41 Å². The first-order chi connectivity index (χ1) is 21.0. The molecule has 0 aliphatic heterocycles. The predicted octanol–water partition coefficient (Wildman–Crippen LogP) is 3.53. The van der Waals surface area contributed by atoms with E-state index in [1.54, 1.807) is 68.7 Å². The molecule has 0 aliphatic rings. The van der Waals surface area contributed by atoms with E-state index in [0.29, 0.717) is 23.2 Å². The lowest BCUT2D eigenvalue weighted by Crippen LogP contribution is -2.28. The molecule has 13 nitrogen and oxygen atoms in total. The number of nitrogen functional groups attached to an aromatic ring is 1. The standard InChI is InChI=1S/C30H33FN8O5/c1-5-17-14-18(15-23-36-29(41)39(37-23)22-13-9-8-12-21(22)35-30(42)43-4)25(31)27(44-16-24(40)38(2)3)26(17)34-20-11-7-6-10-19(20)28(32)33/h6-14,34H,5,15-16H2,1-4H3,(H3,32,33)(H,35,42)(H,36,37,41). The predicted molar refractivity (Wildman–Crippen MR) is 164 cm³/mol. The molecule has 230 valence electrons. The van der Waals surface area contributed by atoms with Crippen molar-refractivity contribution in [1.82, 2.24) is 19.7 Å². The highest BCUT2D eigenvalue weighted by molar-refractivity contribution is 6.01. The van der Waals surface area contributed by atoms with Gasteiger partial charge in [-0.25, -0.2) is 14.0 Å². The highest BCUT2D eigenvalue weighted by atomic mass is 19.1. The molecule has 0 saturated carbocycles. The lowest BCUT2D eigenvalue weighted by atomic mass is 10.0. The number of aromatic amines is 1. The maximum atomic E-state index is 16.3. The topological polar surface area (TPSA) is 180 Å². The number of amides is 2. The van der Waals surface area contributed by atoms with Gasteiger partial charge in [0.15, 0.2) is 18.2 Å². The monoisotopic (exact) mass is 604 g/mol. The number of ether oxygens (including phenoxy) is 2. The smallest absolute Gasteiger partial charge is 0.411 e. The number of likely N-dealkylation sites (N-methyl/N-ethyl adjacent to an activating group) is 1.